The van der Waals surface area contributed by atoms with Gasteiger partial charge in [-0.25, -0.2) is 23.4 Å². The summed E-state index contributed by atoms with van der Waals surface area (Å²) in [5, 5.41) is 6.59. The molecule has 0 aliphatic carbocycles. The molecule has 0 unspecified atom stereocenters. The zero-order chi connectivity index (χ0) is 35.0. The number of likely N-dealkylation sites (N-methyl/N-ethyl adjacent to an activating group) is 1. The molecule has 258 valence electrons. The smallest absolute Gasteiger partial charge is 0.412 e. The third-order valence-corrected chi connectivity index (χ3v) is 8.26. The van der Waals surface area contributed by atoms with Crippen molar-refractivity contribution in [1.29, 1.82) is 0 Å². The number of hydrogen-bond donors (Lipinski definition) is 2. The molecule has 1 saturated heterocycles. The summed E-state index contributed by atoms with van der Waals surface area (Å²) >= 11 is 6.06. The molecule has 11 nitrogen and oxygen atoms in total. The monoisotopic (exact) mass is 687 g/mol. The summed E-state index contributed by atoms with van der Waals surface area (Å²) in [6.07, 6.45) is 1.15. The molecule has 4 rings (SSSR count). The number of aryl methyl sites for hydroxylation is 1. The van der Waals surface area contributed by atoms with E-state index in [0.29, 0.717) is 42.3 Å². The number of piperidine rings is 1. The van der Waals surface area contributed by atoms with Crippen molar-refractivity contribution in [2.45, 2.75) is 70.6 Å². The third-order valence-electron chi connectivity index (χ3n) is 7.83. The average Bonchev–Trinajstić information content (AvgIpc) is 3.02. The zero-order valence-corrected chi connectivity index (χ0v) is 28.1. The molecular formula is C34H40ClF2N5O6. The van der Waals surface area contributed by atoms with E-state index < -0.39 is 35.5 Å². The Hall–Kier alpha value is -4.52. The van der Waals surface area contributed by atoms with E-state index in [4.69, 9.17) is 21.1 Å². The number of carbonyl (C=O) groups is 4. The summed E-state index contributed by atoms with van der Waals surface area (Å²) in [5.74, 6) is -1.65. The standard InChI is InChI=1S/C34H40ClF2N5O6/c1-34(2,3)48-33(46)42-14-12-25(13-15-42)39-29(43)18-26(41(4)30(44)11-9-21-6-5-7-27(37)31(21)35)20-47-32(45)40-28-17-23-16-24(36)10-8-22(23)19-38-28/h5-8,10,16-17,19,25-26H,9,11-15,18,20H2,1-4H3,(H,39,43)(H,38,40,45)/t26-/m0/s1. The molecule has 1 fully saturated rings. The molecular weight excluding hydrogens is 648 g/mol. The van der Waals surface area contributed by atoms with Crippen LogP contribution in [0.25, 0.3) is 10.8 Å². The normalized spacial score (nSPS) is 14.3. The first-order chi connectivity index (χ1) is 22.7. The first kappa shape index (κ1) is 36.3. The van der Waals surface area contributed by atoms with E-state index in [-0.39, 0.29) is 54.6 Å². The van der Waals surface area contributed by atoms with Gasteiger partial charge in [0.2, 0.25) is 11.8 Å². The van der Waals surface area contributed by atoms with Crippen molar-refractivity contribution in [2.24, 2.45) is 0 Å². The second-order valence-electron chi connectivity index (χ2n) is 12.7. The van der Waals surface area contributed by atoms with Gasteiger partial charge in [-0.1, -0.05) is 23.7 Å². The van der Waals surface area contributed by atoms with Crippen LogP contribution in [0.15, 0.2) is 48.7 Å². The van der Waals surface area contributed by atoms with Crippen LogP contribution in [0.2, 0.25) is 5.02 Å². The van der Waals surface area contributed by atoms with Gasteiger partial charge in [-0.3, -0.25) is 14.9 Å². The highest BCUT2D eigenvalue weighted by Gasteiger charge is 2.29. The number of pyridine rings is 1. The van der Waals surface area contributed by atoms with Gasteiger partial charge in [-0.2, -0.15) is 0 Å². The number of amides is 4. The Morgan fingerprint density at radius 3 is 2.52 bits per heavy atom. The first-order valence-electron chi connectivity index (χ1n) is 15.6. The Morgan fingerprint density at radius 1 is 1.08 bits per heavy atom. The summed E-state index contributed by atoms with van der Waals surface area (Å²) in [6, 6.07) is 8.96. The maximum atomic E-state index is 13.9. The molecule has 0 bridgehead atoms. The molecule has 0 spiro atoms. The molecule has 2 N–H and O–H groups in total. The van der Waals surface area contributed by atoms with Gasteiger partial charge in [0.25, 0.3) is 0 Å². The Bertz CT molecular complexity index is 1640. The largest absolute Gasteiger partial charge is 0.447 e. The molecule has 2 aromatic carbocycles. The van der Waals surface area contributed by atoms with Crippen LogP contribution in [-0.4, -0.2) is 83.2 Å². The first-order valence-corrected chi connectivity index (χ1v) is 16.0. The summed E-state index contributed by atoms with van der Waals surface area (Å²) in [6.45, 7) is 5.86. The number of benzene rings is 2. The highest BCUT2D eigenvalue weighted by molar-refractivity contribution is 6.31. The minimum atomic E-state index is -0.884. The Morgan fingerprint density at radius 2 is 1.81 bits per heavy atom. The number of anilines is 1. The number of nitrogens with one attached hydrogen (secondary N) is 2. The van der Waals surface area contributed by atoms with Crippen molar-refractivity contribution in [3.05, 3.63) is 70.9 Å². The van der Waals surface area contributed by atoms with E-state index in [1.54, 1.807) is 37.8 Å². The van der Waals surface area contributed by atoms with Gasteiger partial charge in [-0.15, -0.1) is 0 Å². The molecule has 1 aliphatic rings. The zero-order valence-electron chi connectivity index (χ0n) is 27.4. The van der Waals surface area contributed by atoms with Crippen molar-refractivity contribution >= 4 is 52.2 Å². The topological polar surface area (TPSA) is 130 Å². The minimum absolute atomic E-state index is 0.0370. The third kappa shape index (κ3) is 10.5. The van der Waals surface area contributed by atoms with Crippen molar-refractivity contribution in [3.8, 4) is 0 Å². The summed E-state index contributed by atoms with van der Waals surface area (Å²) in [4.78, 5) is 58.6. The van der Waals surface area contributed by atoms with Crippen LogP contribution in [0.4, 0.5) is 24.2 Å². The number of carbonyl (C=O) groups excluding carboxylic acids is 4. The number of rotatable bonds is 10. The van der Waals surface area contributed by atoms with Crippen LogP contribution in [0.5, 0.6) is 0 Å². The van der Waals surface area contributed by atoms with Gasteiger partial charge in [0, 0.05) is 44.2 Å². The molecule has 1 aromatic heterocycles. The van der Waals surface area contributed by atoms with Crippen LogP contribution in [0.3, 0.4) is 0 Å². The van der Waals surface area contributed by atoms with Crippen LogP contribution in [0, 0.1) is 11.6 Å². The van der Waals surface area contributed by atoms with Gasteiger partial charge in [0.05, 0.1) is 17.5 Å². The average molecular weight is 688 g/mol. The number of aromatic nitrogens is 1. The highest BCUT2D eigenvalue weighted by Crippen LogP contribution is 2.22. The lowest BCUT2D eigenvalue weighted by Gasteiger charge is -2.34. The lowest BCUT2D eigenvalue weighted by atomic mass is 10.0. The van der Waals surface area contributed by atoms with Crippen molar-refractivity contribution in [3.63, 3.8) is 0 Å². The quantitative estimate of drug-likeness (QED) is 0.264. The van der Waals surface area contributed by atoms with E-state index in [9.17, 15) is 28.0 Å². The van der Waals surface area contributed by atoms with Crippen LogP contribution < -0.4 is 10.6 Å². The van der Waals surface area contributed by atoms with Gasteiger partial charge in [0.15, 0.2) is 0 Å². The molecule has 1 atom stereocenters. The van der Waals surface area contributed by atoms with E-state index in [0.717, 1.165) is 0 Å². The molecule has 48 heavy (non-hydrogen) atoms. The lowest BCUT2D eigenvalue weighted by molar-refractivity contribution is -0.134. The maximum Gasteiger partial charge on any atom is 0.412 e. The Labute approximate surface area is 282 Å². The summed E-state index contributed by atoms with van der Waals surface area (Å²) in [5.41, 5.74) is -0.155. The van der Waals surface area contributed by atoms with Crippen LogP contribution in [0.1, 0.15) is 52.0 Å². The fourth-order valence-corrected chi connectivity index (χ4v) is 5.42. The number of likely N-dealkylation sites (tertiary alicyclic amines) is 1. The second-order valence-corrected chi connectivity index (χ2v) is 13.0. The molecule has 3 aromatic rings. The van der Waals surface area contributed by atoms with Crippen molar-refractivity contribution in [1.82, 2.24) is 20.1 Å². The Balaban J connectivity index is 1.37. The maximum absolute atomic E-state index is 13.9. The predicted octanol–water partition coefficient (Wildman–Crippen LogP) is 6.08. The summed E-state index contributed by atoms with van der Waals surface area (Å²) in [7, 11) is 1.49. The molecule has 14 heteroatoms. The van der Waals surface area contributed by atoms with Crippen molar-refractivity contribution < 1.29 is 37.4 Å². The van der Waals surface area contributed by atoms with Crippen LogP contribution >= 0.6 is 11.6 Å². The fourth-order valence-electron chi connectivity index (χ4n) is 5.20. The van der Waals surface area contributed by atoms with Crippen LogP contribution in [-0.2, 0) is 25.5 Å². The predicted molar refractivity (Wildman–Crippen MR) is 177 cm³/mol. The molecule has 2 heterocycles. The van der Waals surface area contributed by atoms with Gasteiger partial charge in [-0.05, 0) is 81.3 Å². The molecule has 0 saturated carbocycles. The van der Waals surface area contributed by atoms with E-state index in [1.165, 1.54) is 48.5 Å². The number of halogens is 3. The highest BCUT2D eigenvalue weighted by atomic mass is 35.5. The minimum Gasteiger partial charge on any atom is -0.447 e. The SMILES string of the molecule is CN(C(=O)CCc1cccc(F)c1Cl)[C@H](COC(=O)Nc1cc2cc(F)ccc2cn1)CC(=O)NC1CCN(C(=O)OC(C)(C)C)CC1. The molecule has 1 aliphatic heterocycles. The number of ether oxygens (including phenoxy) is 2. The second kappa shape index (κ2) is 16.1. The van der Waals surface area contributed by atoms with Crippen molar-refractivity contribution in [2.75, 3.05) is 32.1 Å². The fraction of sp³-hybridized carbons (Fsp3) is 0.441. The molecule has 4 amide bonds. The van der Waals surface area contributed by atoms with Gasteiger partial charge >= 0.3 is 12.2 Å². The lowest BCUT2D eigenvalue weighted by Crippen LogP contribution is -2.49. The van der Waals surface area contributed by atoms with E-state index in [2.05, 4.69) is 15.6 Å². The Kier molecular flexibility index (Phi) is 12.1. The number of fused-ring (bicyclic) bond motifs is 1. The molecule has 0 radical (unpaired) electrons. The number of nitrogens with zero attached hydrogens (tertiary/aromatic N) is 3. The van der Waals surface area contributed by atoms with E-state index in [1.807, 2.05) is 0 Å². The van der Waals surface area contributed by atoms with Gasteiger partial charge in [0.1, 0.15) is 29.7 Å². The number of hydrogen-bond acceptors (Lipinski definition) is 7. The van der Waals surface area contributed by atoms with Gasteiger partial charge < -0.3 is 24.6 Å². The van der Waals surface area contributed by atoms with E-state index >= 15 is 0 Å². The summed E-state index contributed by atoms with van der Waals surface area (Å²) < 4.78 is 38.4.